The van der Waals surface area contributed by atoms with Crippen molar-refractivity contribution >= 4 is 18.5 Å². The van der Waals surface area contributed by atoms with E-state index in [1.54, 1.807) is 0 Å². The van der Waals surface area contributed by atoms with Crippen LogP contribution in [0.5, 0.6) is 0 Å². The lowest BCUT2D eigenvalue weighted by Gasteiger charge is -2.48. The van der Waals surface area contributed by atoms with Gasteiger partial charge >= 0.3 is 6.09 Å². The highest BCUT2D eigenvalue weighted by Gasteiger charge is 2.50. The van der Waals surface area contributed by atoms with Crippen LogP contribution in [0.4, 0.5) is 4.79 Å². The van der Waals surface area contributed by atoms with Gasteiger partial charge in [-0.3, -0.25) is 0 Å². The van der Waals surface area contributed by atoms with Gasteiger partial charge in [-0.1, -0.05) is 0 Å². The fraction of sp³-hybridized carbons (Fsp3) is 0.929. The molecule has 0 aromatic carbocycles. The molecule has 4 rings (SSSR count). The summed E-state index contributed by atoms with van der Waals surface area (Å²) in [5.74, 6) is 0. The van der Waals surface area contributed by atoms with Crippen molar-refractivity contribution in [3.05, 3.63) is 0 Å². The first-order chi connectivity index (χ1) is 8.74. The predicted molar refractivity (Wildman–Crippen MR) is 74.6 cm³/mol. The molecule has 5 heteroatoms. The lowest BCUT2D eigenvalue weighted by Crippen LogP contribution is -2.59. The fourth-order valence-electron chi connectivity index (χ4n) is 4.23. The maximum absolute atomic E-state index is 12.2. The number of nitrogens with zero attached hydrogens (tertiary/aromatic N) is 1. The molecule has 0 radical (unpaired) electrons. The molecule has 3 heterocycles. The molecule has 1 amide bonds. The van der Waals surface area contributed by atoms with Crippen LogP contribution < -0.4 is 5.32 Å². The maximum atomic E-state index is 12.2. The third-order valence-electron chi connectivity index (χ3n) is 5.43. The van der Waals surface area contributed by atoms with Gasteiger partial charge in [-0.05, 0) is 32.1 Å². The quantitative estimate of drug-likeness (QED) is 0.805. The highest BCUT2D eigenvalue weighted by molar-refractivity contribution is 5.85. The smallest absolute Gasteiger partial charge is 0.410 e. The number of fused-ring (bicyclic) bond motifs is 2. The van der Waals surface area contributed by atoms with E-state index in [-0.39, 0.29) is 24.1 Å². The van der Waals surface area contributed by atoms with Crippen molar-refractivity contribution in [2.45, 2.75) is 75.1 Å². The number of ether oxygens (including phenoxy) is 1. The van der Waals surface area contributed by atoms with E-state index in [9.17, 15) is 4.79 Å². The number of piperidine rings is 1. The molecule has 0 aromatic rings. The van der Waals surface area contributed by atoms with E-state index in [1.165, 1.54) is 32.1 Å². The van der Waals surface area contributed by atoms with Gasteiger partial charge in [0.1, 0.15) is 5.60 Å². The van der Waals surface area contributed by atoms with Gasteiger partial charge in [-0.15, -0.1) is 12.4 Å². The molecular formula is C14H23ClN2O2. The lowest BCUT2D eigenvalue weighted by atomic mass is 9.82. The molecule has 3 aliphatic heterocycles. The average molecular weight is 287 g/mol. The minimum Gasteiger partial charge on any atom is -0.443 e. The monoisotopic (exact) mass is 286 g/mol. The largest absolute Gasteiger partial charge is 0.443 e. The number of hydrogen-bond donors (Lipinski definition) is 1. The van der Waals surface area contributed by atoms with Crippen LogP contribution in [0.15, 0.2) is 0 Å². The zero-order chi connectivity index (χ0) is 12.2. The van der Waals surface area contributed by atoms with Crippen LogP contribution >= 0.6 is 12.4 Å². The van der Waals surface area contributed by atoms with Crippen LogP contribution in [-0.2, 0) is 4.74 Å². The Hall–Kier alpha value is -0.480. The van der Waals surface area contributed by atoms with E-state index < -0.39 is 0 Å². The van der Waals surface area contributed by atoms with Crippen molar-refractivity contribution in [2.24, 2.45) is 0 Å². The van der Waals surface area contributed by atoms with Crippen LogP contribution in [0.2, 0.25) is 0 Å². The van der Waals surface area contributed by atoms with E-state index in [4.69, 9.17) is 4.74 Å². The highest BCUT2D eigenvalue weighted by Crippen LogP contribution is 2.42. The summed E-state index contributed by atoms with van der Waals surface area (Å²) >= 11 is 0. The van der Waals surface area contributed by atoms with Crippen LogP contribution in [-0.4, -0.2) is 41.3 Å². The van der Waals surface area contributed by atoms with Gasteiger partial charge in [0.2, 0.25) is 0 Å². The Morgan fingerprint density at radius 3 is 2.37 bits per heavy atom. The molecule has 3 saturated heterocycles. The lowest BCUT2D eigenvalue weighted by molar-refractivity contribution is -0.0865. The van der Waals surface area contributed by atoms with Gasteiger partial charge in [0.15, 0.2) is 0 Å². The van der Waals surface area contributed by atoms with Crippen molar-refractivity contribution in [1.29, 1.82) is 0 Å². The van der Waals surface area contributed by atoms with Gasteiger partial charge in [0.25, 0.3) is 0 Å². The minimum atomic E-state index is -0.131. The number of carbonyl (C=O) groups is 1. The molecule has 4 aliphatic rings. The highest BCUT2D eigenvalue weighted by atomic mass is 35.5. The Morgan fingerprint density at radius 2 is 1.84 bits per heavy atom. The summed E-state index contributed by atoms with van der Waals surface area (Å²) in [6.45, 7) is 0.920. The first-order valence-corrected chi connectivity index (χ1v) is 7.50. The van der Waals surface area contributed by atoms with Gasteiger partial charge < -0.3 is 15.0 Å². The van der Waals surface area contributed by atoms with Gasteiger partial charge in [0, 0.05) is 43.9 Å². The minimum absolute atomic E-state index is 0. The molecule has 1 aliphatic carbocycles. The molecule has 2 atom stereocenters. The third-order valence-corrected chi connectivity index (χ3v) is 5.43. The molecule has 108 valence electrons. The summed E-state index contributed by atoms with van der Waals surface area (Å²) in [5, 5.41) is 3.63. The summed E-state index contributed by atoms with van der Waals surface area (Å²) in [6, 6.07) is 1.66. The first-order valence-electron chi connectivity index (χ1n) is 7.50. The van der Waals surface area contributed by atoms with Crippen LogP contribution in [0.1, 0.15) is 51.4 Å². The van der Waals surface area contributed by atoms with Crippen molar-refractivity contribution in [2.75, 3.05) is 6.54 Å². The number of rotatable bonds is 1. The second kappa shape index (κ2) is 4.81. The van der Waals surface area contributed by atoms with Crippen LogP contribution in [0, 0.1) is 0 Å². The first kappa shape index (κ1) is 13.5. The molecular weight excluding hydrogens is 264 g/mol. The summed E-state index contributed by atoms with van der Waals surface area (Å²) in [5.41, 5.74) is -0.131. The molecule has 4 nitrogen and oxygen atoms in total. The van der Waals surface area contributed by atoms with Crippen LogP contribution in [0.25, 0.3) is 0 Å². The maximum Gasteiger partial charge on any atom is 0.410 e. The van der Waals surface area contributed by atoms with Crippen molar-refractivity contribution in [3.8, 4) is 0 Å². The number of nitrogens with one attached hydrogen (secondary N) is 1. The van der Waals surface area contributed by atoms with Crippen LogP contribution in [0.3, 0.4) is 0 Å². The van der Waals surface area contributed by atoms with Crippen molar-refractivity contribution in [1.82, 2.24) is 10.2 Å². The van der Waals surface area contributed by atoms with Crippen molar-refractivity contribution in [3.63, 3.8) is 0 Å². The Kier molecular flexibility index (Phi) is 3.42. The van der Waals surface area contributed by atoms with E-state index in [2.05, 4.69) is 5.32 Å². The molecule has 1 spiro atoms. The van der Waals surface area contributed by atoms with E-state index >= 15 is 0 Å². The average Bonchev–Trinajstić information content (AvgIpc) is 2.61. The predicted octanol–water partition coefficient (Wildman–Crippen LogP) is 2.46. The van der Waals surface area contributed by atoms with Crippen molar-refractivity contribution < 1.29 is 9.53 Å². The number of halogens is 1. The molecule has 1 N–H and O–H groups in total. The molecule has 1 saturated carbocycles. The summed E-state index contributed by atoms with van der Waals surface area (Å²) in [6.07, 6.45) is 9.22. The second-order valence-corrected chi connectivity index (χ2v) is 6.63. The Balaban J connectivity index is 0.00000110. The Bertz CT molecular complexity index is 360. The Morgan fingerprint density at radius 1 is 1.16 bits per heavy atom. The van der Waals surface area contributed by atoms with E-state index in [0.717, 1.165) is 25.8 Å². The normalized spacial score (nSPS) is 41.7. The standard InChI is InChI=1S/C14H22N2O2.ClH/c17-13-16(12-2-1-3-12)7-6-14(18-13)8-10-4-5-11(9-14)15-10;/h10-12,15H,1-9H2;1H. The topological polar surface area (TPSA) is 41.6 Å². The van der Waals surface area contributed by atoms with Gasteiger partial charge in [-0.2, -0.15) is 0 Å². The summed E-state index contributed by atoms with van der Waals surface area (Å²) in [4.78, 5) is 14.2. The fourth-order valence-corrected chi connectivity index (χ4v) is 4.23. The van der Waals surface area contributed by atoms with E-state index in [1.807, 2.05) is 4.90 Å². The zero-order valence-electron chi connectivity index (χ0n) is 11.3. The Labute approximate surface area is 120 Å². The number of amides is 1. The zero-order valence-corrected chi connectivity index (χ0v) is 12.1. The molecule has 2 bridgehead atoms. The summed E-state index contributed by atoms with van der Waals surface area (Å²) < 4.78 is 5.91. The number of carbonyl (C=O) groups excluding carboxylic acids is 1. The summed E-state index contributed by atoms with van der Waals surface area (Å²) in [7, 11) is 0. The molecule has 19 heavy (non-hydrogen) atoms. The molecule has 4 fully saturated rings. The number of hydrogen-bond acceptors (Lipinski definition) is 3. The SMILES string of the molecule is Cl.O=C1OC2(CCN1C1CCC1)CC1CCC(C2)N1. The molecule has 0 aromatic heterocycles. The second-order valence-electron chi connectivity index (χ2n) is 6.63. The molecule has 2 unspecified atom stereocenters. The third kappa shape index (κ3) is 2.23. The van der Waals surface area contributed by atoms with Gasteiger partial charge in [0.05, 0.1) is 0 Å². The van der Waals surface area contributed by atoms with Gasteiger partial charge in [-0.25, -0.2) is 4.79 Å². The van der Waals surface area contributed by atoms with E-state index in [0.29, 0.717) is 18.1 Å².